The van der Waals surface area contributed by atoms with E-state index in [9.17, 15) is 19.5 Å². The zero-order valence-electron chi connectivity index (χ0n) is 22.6. The van der Waals surface area contributed by atoms with Crippen LogP contribution >= 0.6 is 0 Å². The molecule has 3 aromatic rings. The Labute approximate surface area is 235 Å². The summed E-state index contributed by atoms with van der Waals surface area (Å²) in [6.45, 7) is 2.13. The van der Waals surface area contributed by atoms with Crippen molar-refractivity contribution in [2.75, 3.05) is 25.0 Å². The largest absolute Gasteiger partial charge is 0.494 e. The maximum atomic E-state index is 13.1. The lowest BCUT2D eigenvalue weighted by molar-refractivity contribution is -0.138. The molecule has 208 valence electrons. The van der Waals surface area contributed by atoms with E-state index in [1.807, 2.05) is 35.2 Å². The standard InChI is InChI=1S/C33H36N2O5/c36-31(25-7-2-1-3-8-25)28-9-4-5-10-29(28)34-30(33(38)39)21-23-13-17-27(18-14-23)40-20-6-19-35(22-24-11-12-24)32(37)26-15-16-26/h1-5,7-10,13-14,17-18,24,26,30,34H,6,11-12,15-16,19-22H2,(H,38,39)/t30-/m0/s1. The SMILES string of the molecule is O=C(c1ccccc1)c1ccccc1N[C@@H](Cc1ccc(OCCCN(CC2CC2)C(=O)C2CC2)cc1)C(=O)O. The number of anilines is 1. The molecule has 3 aromatic carbocycles. The summed E-state index contributed by atoms with van der Waals surface area (Å²) in [7, 11) is 0. The number of carbonyl (C=O) groups excluding carboxylic acids is 2. The maximum Gasteiger partial charge on any atom is 0.326 e. The molecule has 2 fully saturated rings. The van der Waals surface area contributed by atoms with Crippen LogP contribution in [0.3, 0.4) is 0 Å². The lowest BCUT2D eigenvalue weighted by Gasteiger charge is -2.22. The van der Waals surface area contributed by atoms with E-state index in [1.54, 1.807) is 48.5 Å². The molecule has 2 N–H and O–H groups in total. The van der Waals surface area contributed by atoms with Crippen molar-refractivity contribution in [2.24, 2.45) is 11.8 Å². The minimum Gasteiger partial charge on any atom is -0.494 e. The lowest BCUT2D eigenvalue weighted by Crippen LogP contribution is -2.35. The highest BCUT2D eigenvalue weighted by Gasteiger charge is 2.35. The third-order valence-corrected chi connectivity index (χ3v) is 7.45. The van der Waals surface area contributed by atoms with Crippen molar-refractivity contribution in [2.45, 2.75) is 44.6 Å². The Balaban J connectivity index is 1.14. The molecule has 0 bridgehead atoms. The highest BCUT2D eigenvalue weighted by molar-refractivity contribution is 6.12. The van der Waals surface area contributed by atoms with E-state index in [4.69, 9.17) is 4.74 Å². The van der Waals surface area contributed by atoms with Gasteiger partial charge in [0.05, 0.1) is 6.61 Å². The van der Waals surface area contributed by atoms with Gasteiger partial charge in [-0.3, -0.25) is 9.59 Å². The van der Waals surface area contributed by atoms with Crippen LogP contribution in [0, 0.1) is 11.8 Å². The third kappa shape index (κ3) is 7.50. The number of nitrogens with zero attached hydrogens (tertiary/aromatic N) is 1. The van der Waals surface area contributed by atoms with E-state index >= 15 is 0 Å². The second-order valence-corrected chi connectivity index (χ2v) is 10.8. The molecule has 5 rings (SSSR count). The van der Waals surface area contributed by atoms with Crippen molar-refractivity contribution in [3.63, 3.8) is 0 Å². The number of aliphatic carboxylic acids is 1. The summed E-state index contributed by atoms with van der Waals surface area (Å²) in [6, 6.07) is 22.4. The van der Waals surface area contributed by atoms with Gasteiger partial charge in [0.25, 0.3) is 0 Å². The van der Waals surface area contributed by atoms with Crippen LogP contribution < -0.4 is 10.1 Å². The van der Waals surface area contributed by atoms with E-state index in [1.165, 1.54) is 12.8 Å². The fourth-order valence-corrected chi connectivity index (χ4v) is 4.83. The van der Waals surface area contributed by atoms with E-state index in [2.05, 4.69) is 5.32 Å². The molecule has 7 heteroatoms. The number of ketones is 1. The van der Waals surface area contributed by atoms with Gasteiger partial charge in [0.15, 0.2) is 5.78 Å². The van der Waals surface area contributed by atoms with Gasteiger partial charge in [0, 0.05) is 42.2 Å². The smallest absolute Gasteiger partial charge is 0.326 e. The summed E-state index contributed by atoms with van der Waals surface area (Å²) in [6.07, 6.45) is 5.53. The van der Waals surface area contributed by atoms with E-state index in [0.29, 0.717) is 41.0 Å². The quantitative estimate of drug-likeness (QED) is 0.197. The molecular weight excluding hydrogens is 504 g/mol. The zero-order valence-corrected chi connectivity index (χ0v) is 22.6. The van der Waals surface area contributed by atoms with Crippen LogP contribution in [0.1, 0.15) is 53.6 Å². The average molecular weight is 541 g/mol. The molecule has 40 heavy (non-hydrogen) atoms. The summed E-state index contributed by atoms with van der Waals surface area (Å²) >= 11 is 0. The van der Waals surface area contributed by atoms with Crippen molar-refractivity contribution >= 4 is 23.3 Å². The van der Waals surface area contributed by atoms with Crippen LogP contribution in [0.15, 0.2) is 78.9 Å². The van der Waals surface area contributed by atoms with Crippen molar-refractivity contribution in [1.82, 2.24) is 4.90 Å². The van der Waals surface area contributed by atoms with E-state index < -0.39 is 12.0 Å². The van der Waals surface area contributed by atoms with E-state index in [0.717, 1.165) is 37.9 Å². The van der Waals surface area contributed by atoms with Gasteiger partial charge in [0.1, 0.15) is 11.8 Å². The number of para-hydroxylation sites is 1. The second-order valence-electron chi connectivity index (χ2n) is 10.8. The monoisotopic (exact) mass is 540 g/mol. The summed E-state index contributed by atoms with van der Waals surface area (Å²) in [4.78, 5) is 39.8. The van der Waals surface area contributed by atoms with Crippen molar-refractivity contribution < 1.29 is 24.2 Å². The van der Waals surface area contributed by atoms with Crippen LogP contribution in [0.25, 0.3) is 0 Å². The Kier molecular flexibility index (Phi) is 8.79. The van der Waals surface area contributed by atoms with Gasteiger partial charge in [0.2, 0.25) is 5.91 Å². The predicted octanol–water partition coefficient (Wildman–Crippen LogP) is 5.44. The summed E-state index contributed by atoms with van der Waals surface area (Å²) in [5.74, 6) is 0.780. The van der Waals surface area contributed by atoms with Crippen LogP contribution in [0.4, 0.5) is 5.69 Å². The normalized spacial score (nSPS) is 15.2. The Bertz CT molecular complexity index is 1320. The number of carbonyl (C=O) groups is 3. The number of benzene rings is 3. The van der Waals surface area contributed by atoms with Gasteiger partial charge in [-0.05, 0) is 67.9 Å². The molecule has 0 heterocycles. The average Bonchev–Trinajstić information content (AvgIpc) is 3.90. The molecule has 0 unspecified atom stereocenters. The molecule has 0 aromatic heterocycles. The molecule has 2 saturated carbocycles. The first-order chi connectivity index (χ1) is 19.5. The summed E-state index contributed by atoms with van der Waals surface area (Å²) in [5.41, 5.74) is 2.30. The molecule has 2 aliphatic rings. The molecular formula is C33H36N2O5. The molecule has 1 atom stereocenters. The van der Waals surface area contributed by atoms with Gasteiger partial charge in [-0.2, -0.15) is 0 Å². The van der Waals surface area contributed by atoms with Crippen molar-refractivity contribution in [1.29, 1.82) is 0 Å². The molecule has 7 nitrogen and oxygen atoms in total. The zero-order chi connectivity index (χ0) is 27.9. The maximum absolute atomic E-state index is 13.1. The van der Waals surface area contributed by atoms with Crippen molar-refractivity contribution in [3.8, 4) is 5.75 Å². The number of hydrogen-bond donors (Lipinski definition) is 2. The fraction of sp³-hybridized carbons (Fsp3) is 0.364. The fourth-order valence-electron chi connectivity index (χ4n) is 4.83. The van der Waals surface area contributed by atoms with Crippen LogP contribution in [0.5, 0.6) is 5.75 Å². The van der Waals surface area contributed by atoms with Gasteiger partial charge in [-0.1, -0.05) is 54.6 Å². The third-order valence-electron chi connectivity index (χ3n) is 7.45. The first kappa shape index (κ1) is 27.4. The number of ether oxygens (including phenoxy) is 1. The number of carboxylic acid groups (broad SMARTS) is 1. The summed E-state index contributed by atoms with van der Waals surface area (Å²) < 4.78 is 5.91. The minimum absolute atomic E-state index is 0.165. The number of rotatable bonds is 15. The number of carboxylic acids is 1. The molecule has 2 aliphatic carbocycles. The number of amides is 1. The molecule has 0 saturated heterocycles. The van der Waals surface area contributed by atoms with Crippen LogP contribution in [-0.2, 0) is 16.0 Å². The van der Waals surface area contributed by atoms with Crippen LogP contribution in [0.2, 0.25) is 0 Å². The predicted molar refractivity (Wildman–Crippen MR) is 154 cm³/mol. The Hall–Kier alpha value is -4.13. The molecule has 1 amide bonds. The highest BCUT2D eigenvalue weighted by Crippen LogP contribution is 2.34. The van der Waals surface area contributed by atoms with Gasteiger partial charge in [-0.25, -0.2) is 4.79 Å². The van der Waals surface area contributed by atoms with Gasteiger partial charge >= 0.3 is 5.97 Å². The number of hydrogen-bond acceptors (Lipinski definition) is 5. The minimum atomic E-state index is -1.00. The highest BCUT2D eigenvalue weighted by atomic mass is 16.5. The second kappa shape index (κ2) is 12.8. The van der Waals surface area contributed by atoms with Crippen LogP contribution in [-0.4, -0.2) is 53.4 Å². The summed E-state index contributed by atoms with van der Waals surface area (Å²) in [5, 5.41) is 13.0. The topological polar surface area (TPSA) is 95.9 Å². The van der Waals surface area contributed by atoms with Gasteiger partial charge < -0.3 is 20.1 Å². The Morgan fingerprint density at radius 2 is 1.60 bits per heavy atom. The van der Waals surface area contributed by atoms with E-state index in [-0.39, 0.29) is 18.1 Å². The molecule has 0 radical (unpaired) electrons. The molecule has 0 aliphatic heterocycles. The van der Waals surface area contributed by atoms with Gasteiger partial charge in [-0.15, -0.1) is 0 Å². The first-order valence-corrected chi connectivity index (χ1v) is 14.2. The molecule has 0 spiro atoms. The van der Waals surface area contributed by atoms with Crippen molar-refractivity contribution in [3.05, 3.63) is 95.6 Å². The first-order valence-electron chi connectivity index (χ1n) is 14.2. The number of nitrogens with one attached hydrogen (secondary N) is 1. The Morgan fingerprint density at radius 3 is 2.27 bits per heavy atom. The Morgan fingerprint density at radius 1 is 0.900 bits per heavy atom. The lowest BCUT2D eigenvalue weighted by atomic mass is 10.00.